The van der Waals surface area contributed by atoms with Gasteiger partial charge in [-0.05, 0) is 31.5 Å². The van der Waals surface area contributed by atoms with Crippen LogP contribution in [0, 0.1) is 12.7 Å². The van der Waals surface area contributed by atoms with Gasteiger partial charge in [0.25, 0.3) is 0 Å². The van der Waals surface area contributed by atoms with Gasteiger partial charge in [-0.1, -0.05) is 0 Å². The van der Waals surface area contributed by atoms with Crippen LogP contribution < -0.4 is 4.74 Å². The average molecular weight is 218 g/mol. The number of ketones is 1. The van der Waals surface area contributed by atoms with Crippen LogP contribution in [0.3, 0.4) is 0 Å². The van der Waals surface area contributed by atoms with Gasteiger partial charge in [0, 0.05) is 0 Å². The second-order valence-corrected chi connectivity index (χ2v) is 3.06. The third-order valence-corrected chi connectivity index (χ3v) is 1.78. The smallest absolute Gasteiger partial charge is 0.387 e. The molecule has 0 saturated carbocycles. The molecule has 0 radical (unpaired) electrons. The van der Waals surface area contributed by atoms with Crippen molar-refractivity contribution in [3.05, 3.63) is 29.1 Å². The molecule has 0 unspecified atom stereocenters. The second kappa shape index (κ2) is 4.33. The molecular formula is C10H9F3O2. The van der Waals surface area contributed by atoms with E-state index in [1.807, 2.05) is 0 Å². The number of carbonyl (C=O) groups excluding carboxylic acids is 1. The quantitative estimate of drug-likeness (QED) is 0.729. The second-order valence-electron chi connectivity index (χ2n) is 3.06. The van der Waals surface area contributed by atoms with Crippen LogP contribution in [0.4, 0.5) is 13.2 Å². The number of hydrogen-bond donors (Lipinski definition) is 0. The molecule has 15 heavy (non-hydrogen) atoms. The zero-order valence-corrected chi connectivity index (χ0v) is 8.18. The molecule has 0 N–H and O–H groups in total. The lowest BCUT2D eigenvalue weighted by Crippen LogP contribution is -2.07. The van der Waals surface area contributed by atoms with Gasteiger partial charge >= 0.3 is 6.61 Å². The molecular weight excluding hydrogens is 209 g/mol. The molecule has 0 atom stereocenters. The number of alkyl halides is 2. The fourth-order valence-electron chi connectivity index (χ4n) is 1.17. The summed E-state index contributed by atoms with van der Waals surface area (Å²) < 4.78 is 41.1. The molecule has 0 heterocycles. The predicted octanol–water partition coefficient (Wildman–Crippen LogP) is 2.94. The van der Waals surface area contributed by atoms with Crippen LogP contribution in [0.25, 0.3) is 0 Å². The molecule has 0 fully saturated rings. The zero-order valence-electron chi connectivity index (χ0n) is 8.18. The standard InChI is InChI=1S/C10H9F3O2/c1-5-3-7(6(2)14)9(11)8(4-5)15-10(12)13/h3-4,10H,1-2H3. The fourth-order valence-corrected chi connectivity index (χ4v) is 1.17. The Morgan fingerprint density at radius 3 is 2.47 bits per heavy atom. The van der Waals surface area contributed by atoms with E-state index in [0.717, 1.165) is 13.0 Å². The highest BCUT2D eigenvalue weighted by atomic mass is 19.3. The van der Waals surface area contributed by atoms with Crippen LogP contribution >= 0.6 is 0 Å². The summed E-state index contributed by atoms with van der Waals surface area (Å²) in [7, 11) is 0. The summed E-state index contributed by atoms with van der Waals surface area (Å²) in [6.07, 6.45) is 0. The molecule has 1 rings (SSSR count). The van der Waals surface area contributed by atoms with Gasteiger partial charge in [-0.3, -0.25) is 4.79 Å². The first-order valence-corrected chi connectivity index (χ1v) is 4.17. The molecule has 5 heteroatoms. The summed E-state index contributed by atoms with van der Waals surface area (Å²) in [6.45, 7) is -0.394. The highest BCUT2D eigenvalue weighted by Gasteiger charge is 2.16. The van der Waals surface area contributed by atoms with Crippen molar-refractivity contribution in [2.24, 2.45) is 0 Å². The van der Waals surface area contributed by atoms with Crippen LogP contribution in [0.2, 0.25) is 0 Å². The normalized spacial score (nSPS) is 10.5. The highest BCUT2D eigenvalue weighted by molar-refractivity contribution is 5.95. The van der Waals surface area contributed by atoms with E-state index in [9.17, 15) is 18.0 Å². The van der Waals surface area contributed by atoms with Gasteiger partial charge in [0.2, 0.25) is 0 Å². The number of aryl methyl sites for hydroxylation is 1. The Bertz CT molecular complexity index is 388. The van der Waals surface area contributed by atoms with Crippen molar-refractivity contribution in [3.63, 3.8) is 0 Å². The third kappa shape index (κ3) is 2.71. The maximum absolute atomic E-state index is 13.4. The molecule has 0 amide bonds. The number of hydrogen-bond acceptors (Lipinski definition) is 2. The van der Waals surface area contributed by atoms with Crippen LogP contribution in [0.5, 0.6) is 5.75 Å². The van der Waals surface area contributed by atoms with Crippen molar-refractivity contribution in [2.45, 2.75) is 20.5 Å². The molecule has 0 spiro atoms. The number of rotatable bonds is 3. The van der Waals surface area contributed by atoms with Crippen molar-refractivity contribution in [1.29, 1.82) is 0 Å². The lowest BCUT2D eigenvalue weighted by Gasteiger charge is -2.09. The van der Waals surface area contributed by atoms with Gasteiger partial charge < -0.3 is 4.74 Å². The Kier molecular flexibility index (Phi) is 3.34. The summed E-state index contributed by atoms with van der Waals surface area (Å²) in [6, 6.07) is 2.41. The monoisotopic (exact) mass is 218 g/mol. The van der Waals surface area contributed by atoms with Gasteiger partial charge in [-0.25, -0.2) is 4.39 Å². The highest BCUT2D eigenvalue weighted by Crippen LogP contribution is 2.24. The minimum absolute atomic E-state index is 0.245. The Labute approximate surface area is 84.7 Å². The van der Waals surface area contributed by atoms with E-state index in [1.54, 1.807) is 6.92 Å². The van der Waals surface area contributed by atoms with Gasteiger partial charge in [0.05, 0.1) is 5.56 Å². The van der Waals surface area contributed by atoms with Crippen molar-refractivity contribution in [3.8, 4) is 5.75 Å². The first kappa shape index (κ1) is 11.6. The maximum Gasteiger partial charge on any atom is 0.387 e. The van der Waals surface area contributed by atoms with Crippen molar-refractivity contribution < 1.29 is 22.7 Å². The molecule has 2 nitrogen and oxygen atoms in total. The van der Waals surface area contributed by atoms with E-state index < -0.39 is 24.0 Å². The van der Waals surface area contributed by atoms with Crippen LogP contribution in [0.1, 0.15) is 22.8 Å². The number of ether oxygens (including phenoxy) is 1. The minimum Gasteiger partial charge on any atom is -0.432 e. The Hall–Kier alpha value is -1.52. The number of halogens is 3. The van der Waals surface area contributed by atoms with Gasteiger partial charge in [-0.2, -0.15) is 8.78 Å². The molecule has 0 aliphatic heterocycles. The van der Waals surface area contributed by atoms with E-state index in [0.29, 0.717) is 5.56 Å². The van der Waals surface area contributed by atoms with E-state index >= 15 is 0 Å². The van der Waals surface area contributed by atoms with Crippen molar-refractivity contribution in [1.82, 2.24) is 0 Å². The SMILES string of the molecule is CC(=O)c1cc(C)cc(OC(F)F)c1F. The summed E-state index contributed by atoms with van der Waals surface area (Å²) in [5, 5.41) is 0. The van der Waals surface area contributed by atoms with Gasteiger partial charge in [0.1, 0.15) is 0 Å². The Morgan fingerprint density at radius 1 is 1.40 bits per heavy atom. The number of carbonyl (C=O) groups is 1. The molecule has 0 bridgehead atoms. The maximum atomic E-state index is 13.4. The fraction of sp³-hybridized carbons (Fsp3) is 0.300. The van der Waals surface area contributed by atoms with Gasteiger partial charge in [0.15, 0.2) is 17.3 Å². The summed E-state index contributed by atoms with van der Waals surface area (Å²) in [5.74, 6) is -2.18. The third-order valence-electron chi connectivity index (χ3n) is 1.78. The topological polar surface area (TPSA) is 26.3 Å². The summed E-state index contributed by atoms with van der Waals surface area (Å²) in [5.41, 5.74) is 0.239. The molecule has 0 saturated heterocycles. The molecule has 1 aromatic rings. The average Bonchev–Trinajstić information content (AvgIpc) is 2.09. The number of Topliss-reactive ketones (excluding diaryl/α,β-unsaturated/α-hetero) is 1. The van der Waals surface area contributed by atoms with Crippen LogP contribution in [0.15, 0.2) is 12.1 Å². The Morgan fingerprint density at radius 2 is 2.00 bits per heavy atom. The van der Waals surface area contributed by atoms with E-state index in [1.165, 1.54) is 6.07 Å². The zero-order chi connectivity index (χ0) is 11.6. The predicted molar refractivity (Wildman–Crippen MR) is 47.8 cm³/mol. The van der Waals surface area contributed by atoms with E-state index in [-0.39, 0.29) is 5.56 Å². The first-order valence-electron chi connectivity index (χ1n) is 4.17. The van der Waals surface area contributed by atoms with Crippen molar-refractivity contribution >= 4 is 5.78 Å². The first-order chi connectivity index (χ1) is 6.91. The lowest BCUT2D eigenvalue weighted by molar-refractivity contribution is -0.0522. The Balaban J connectivity index is 3.22. The largest absolute Gasteiger partial charge is 0.432 e. The molecule has 82 valence electrons. The van der Waals surface area contributed by atoms with Crippen LogP contribution in [-0.4, -0.2) is 12.4 Å². The van der Waals surface area contributed by atoms with Crippen LogP contribution in [-0.2, 0) is 0 Å². The summed E-state index contributed by atoms with van der Waals surface area (Å²) in [4.78, 5) is 11.0. The van der Waals surface area contributed by atoms with E-state index in [4.69, 9.17) is 0 Å². The minimum atomic E-state index is -3.11. The molecule has 1 aromatic carbocycles. The molecule has 0 aliphatic carbocycles. The molecule has 0 aliphatic rings. The van der Waals surface area contributed by atoms with Crippen molar-refractivity contribution in [2.75, 3.05) is 0 Å². The number of benzene rings is 1. The van der Waals surface area contributed by atoms with Gasteiger partial charge in [-0.15, -0.1) is 0 Å². The van der Waals surface area contributed by atoms with E-state index in [2.05, 4.69) is 4.74 Å². The summed E-state index contributed by atoms with van der Waals surface area (Å²) >= 11 is 0. The lowest BCUT2D eigenvalue weighted by atomic mass is 10.1. The molecule has 0 aromatic heterocycles.